The van der Waals surface area contributed by atoms with Crippen molar-refractivity contribution in [2.75, 3.05) is 13.1 Å². The average Bonchev–Trinajstić information content (AvgIpc) is 3.30. The van der Waals surface area contributed by atoms with Crippen LogP contribution in [0.15, 0.2) is 47.2 Å². The molecule has 1 aromatic carbocycles. The first kappa shape index (κ1) is 19.1. The maximum atomic E-state index is 12.8. The highest BCUT2D eigenvalue weighted by Crippen LogP contribution is 2.29. The fourth-order valence-electron chi connectivity index (χ4n) is 2.68. The maximum Gasteiger partial charge on any atom is 0.416 e. The number of benzene rings is 1. The zero-order chi connectivity index (χ0) is 19.3. The van der Waals surface area contributed by atoms with Crippen molar-refractivity contribution >= 4 is 0 Å². The van der Waals surface area contributed by atoms with Gasteiger partial charge in [0, 0.05) is 25.4 Å². The molecule has 0 saturated carbocycles. The first-order valence-electron chi connectivity index (χ1n) is 8.61. The lowest BCUT2D eigenvalue weighted by molar-refractivity contribution is -0.137. The van der Waals surface area contributed by atoms with Crippen LogP contribution in [0.2, 0.25) is 0 Å². The topological polar surface area (TPSA) is 60.0 Å². The van der Waals surface area contributed by atoms with Crippen LogP contribution in [0.25, 0.3) is 0 Å². The van der Waals surface area contributed by atoms with E-state index in [1.54, 1.807) is 12.3 Å². The Kier molecular flexibility index (Phi) is 5.90. The van der Waals surface area contributed by atoms with Crippen molar-refractivity contribution < 1.29 is 17.7 Å². The molecule has 3 rings (SSSR count). The summed E-state index contributed by atoms with van der Waals surface area (Å²) < 4.78 is 45.5. The van der Waals surface area contributed by atoms with Gasteiger partial charge in [0.2, 0.25) is 5.89 Å². The van der Waals surface area contributed by atoms with Crippen molar-refractivity contribution in [1.82, 2.24) is 24.8 Å². The summed E-state index contributed by atoms with van der Waals surface area (Å²) in [4.78, 5) is 6.44. The first-order chi connectivity index (χ1) is 12.9. The third kappa shape index (κ3) is 5.40. The molecule has 3 aromatic rings. The van der Waals surface area contributed by atoms with Crippen molar-refractivity contribution in [1.29, 1.82) is 0 Å². The van der Waals surface area contributed by atoms with Gasteiger partial charge in [0.1, 0.15) is 0 Å². The Balaban J connectivity index is 1.59. The lowest BCUT2D eigenvalue weighted by atomic mass is 10.1. The predicted octanol–water partition coefficient (Wildman–Crippen LogP) is 3.40. The molecule has 0 unspecified atom stereocenters. The third-order valence-corrected chi connectivity index (χ3v) is 4.14. The summed E-state index contributed by atoms with van der Waals surface area (Å²) in [5, 5.41) is 8.05. The Morgan fingerprint density at radius 3 is 2.78 bits per heavy atom. The lowest BCUT2D eigenvalue weighted by Gasteiger charge is -2.17. The van der Waals surface area contributed by atoms with Crippen molar-refractivity contribution in [3.05, 3.63) is 65.6 Å². The van der Waals surface area contributed by atoms with Gasteiger partial charge in [0.05, 0.1) is 18.7 Å². The maximum absolute atomic E-state index is 12.8. The second-order valence-electron chi connectivity index (χ2n) is 6.12. The minimum atomic E-state index is -4.37. The molecule has 9 heteroatoms. The standard InChI is InChI=1S/C18H20F3N5O/c1-2-25(9-10-26-8-4-7-22-26)13-17-23-16(24-27-17)12-14-5-3-6-15(11-14)18(19,20)21/h3-8,11H,2,9-10,12-13H2,1H3. The Bertz CT molecular complexity index is 845. The molecule has 0 aliphatic carbocycles. The van der Waals surface area contributed by atoms with E-state index in [4.69, 9.17) is 4.52 Å². The number of rotatable bonds is 8. The minimum absolute atomic E-state index is 0.187. The van der Waals surface area contributed by atoms with E-state index in [0.717, 1.165) is 31.8 Å². The van der Waals surface area contributed by atoms with Gasteiger partial charge in [0.25, 0.3) is 0 Å². The fourth-order valence-corrected chi connectivity index (χ4v) is 2.68. The van der Waals surface area contributed by atoms with Crippen LogP contribution in [0.1, 0.15) is 29.8 Å². The van der Waals surface area contributed by atoms with Crippen LogP contribution in [-0.4, -0.2) is 37.9 Å². The molecule has 0 bridgehead atoms. The summed E-state index contributed by atoms with van der Waals surface area (Å²) in [6, 6.07) is 7.03. The highest BCUT2D eigenvalue weighted by atomic mass is 19.4. The van der Waals surface area contributed by atoms with Crippen LogP contribution in [0.3, 0.4) is 0 Å². The van der Waals surface area contributed by atoms with Crippen molar-refractivity contribution in [3.8, 4) is 0 Å². The van der Waals surface area contributed by atoms with Gasteiger partial charge in [-0.1, -0.05) is 30.3 Å². The largest absolute Gasteiger partial charge is 0.416 e. The molecule has 2 heterocycles. The zero-order valence-corrected chi connectivity index (χ0v) is 14.9. The summed E-state index contributed by atoms with van der Waals surface area (Å²) >= 11 is 0. The van der Waals surface area contributed by atoms with Crippen LogP contribution in [0.4, 0.5) is 13.2 Å². The second kappa shape index (κ2) is 8.34. The van der Waals surface area contributed by atoms with Gasteiger partial charge < -0.3 is 4.52 Å². The fraction of sp³-hybridized carbons (Fsp3) is 0.389. The Morgan fingerprint density at radius 1 is 1.22 bits per heavy atom. The Labute approximate surface area is 154 Å². The van der Waals surface area contributed by atoms with Crippen molar-refractivity contribution in [2.45, 2.75) is 32.6 Å². The molecule has 2 aromatic heterocycles. The van der Waals surface area contributed by atoms with Gasteiger partial charge in [-0.15, -0.1) is 0 Å². The van der Waals surface area contributed by atoms with E-state index < -0.39 is 11.7 Å². The lowest BCUT2D eigenvalue weighted by Crippen LogP contribution is -2.27. The van der Waals surface area contributed by atoms with Crippen molar-refractivity contribution in [3.63, 3.8) is 0 Å². The molecular formula is C18H20F3N5O. The molecule has 0 aliphatic rings. The number of hydrogen-bond acceptors (Lipinski definition) is 5. The molecule has 0 atom stereocenters. The monoisotopic (exact) mass is 379 g/mol. The summed E-state index contributed by atoms with van der Waals surface area (Å²) in [6.07, 6.45) is -0.552. The van der Waals surface area contributed by atoms with Crippen LogP contribution in [0, 0.1) is 0 Å². The van der Waals surface area contributed by atoms with E-state index in [0.29, 0.717) is 23.8 Å². The van der Waals surface area contributed by atoms with E-state index in [2.05, 4.69) is 20.1 Å². The number of nitrogens with zero attached hydrogens (tertiary/aromatic N) is 5. The highest BCUT2D eigenvalue weighted by molar-refractivity contribution is 5.27. The van der Waals surface area contributed by atoms with Crippen LogP contribution in [-0.2, 0) is 25.7 Å². The van der Waals surface area contributed by atoms with E-state index >= 15 is 0 Å². The molecule has 0 fully saturated rings. The van der Waals surface area contributed by atoms with Gasteiger partial charge in [0.15, 0.2) is 5.82 Å². The van der Waals surface area contributed by atoms with Crippen LogP contribution < -0.4 is 0 Å². The van der Waals surface area contributed by atoms with Gasteiger partial charge in [-0.05, 0) is 24.2 Å². The number of alkyl halides is 3. The summed E-state index contributed by atoms with van der Waals surface area (Å²) in [5.41, 5.74) is -0.192. The van der Waals surface area contributed by atoms with E-state index in [1.165, 1.54) is 6.07 Å². The van der Waals surface area contributed by atoms with Crippen LogP contribution >= 0.6 is 0 Å². The number of halogens is 3. The SMILES string of the molecule is CCN(CCn1cccn1)Cc1nc(Cc2cccc(C(F)(F)F)c2)no1. The summed E-state index contributed by atoms with van der Waals surface area (Å²) in [6.45, 7) is 4.82. The quantitative estimate of drug-likeness (QED) is 0.600. The van der Waals surface area contributed by atoms with Gasteiger partial charge in [-0.3, -0.25) is 9.58 Å². The summed E-state index contributed by atoms with van der Waals surface area (Å²) in [7, 11) is 0. The summed E-state index contributed by atoms with van der Waals surface area (Å²) in [5.74, 6) is 0.812. The van der Waals surface area contributed by atoms with E-state index in [1.807, 2.05) is 23.9 Å². The normalized spacial score (nSPS) is 12.0. The molecule has 0 spiro atoms. The number of likely N-dealkylation sites (N-methyl/N-ethyl adjacent to an activating group) is 1. The van der Waals surface area contributed by atoms with Crippen molar-refractivity contribution in [2.24, 2.45) is 0 Å². The molecule has 0 saturated heterocycles. The van der Waals surface area contributed by atoms with Crippen LogP contribution in [0.5, 0.6) is 0 Å². The van der Waals surface area contributed by atoms with Gasteiger partial charge >= 0.3 is 6.18 Å². The molecule has 6 nitrogen and oxygen atoms in total. The molecule has 0 radical (unpaired) electrons. The molecule has 0 aliphatic heterocycles. The van der Waals surface area contributed by atoms with Gasteiger partial charge in [-0.2, -0.15) is 23.3 Å². The average molecular weight is 379 g/mol. The minimum Gasteiger partial charge on any atom is -0.338 e. The molecule has 144 valence electrons. The highest BCUT2D eigenvalue weighted by Gasteiger charge is 2.30. The number of aromatic nitrogens is 4. The first-order valence-corrected chi connectivity index (χ1v) is 8.61. The predicted molar refractivity (Wildman–Crippen MR) is 91.7 cm³/mol. The second-order valence-corrected chi connectivity index (χ2v) is 6.12. The smallest absolute Gasteiger partial charge is 0.338 e. The zero-order valence-electron chi connectivity index (χ0n) is 14.9. The Morgan fingerprint density at radius 2 is 2.07 bits per heavy atom. The van der Waals surface area contributed by atoms with E-state index in [9.17, 15) is 13.2 Å². The van der Waals surface area contributed by atoms with Gasteiger partial charge in [-0.25, -0.2) is 0 Å². The molecule has 0 N–H and O–H groups in total. The third-order valence-electron chi connectivity index (χ3n) is 4.14. The number of hydrogen-bond donors (Lipinski definition) is 0. The molecule has 27 heavy (non-hydrogen) atoms. The molecular weight excluding hydrogens is 359 g/mol. The Hall–Kier alpha value is -2.68. The molecule has 0 amide bonds. The van der Waals surface area contributed by atoms with E-state index in [-0.39, 0.29) is 6.42 Å².